The van der Waals surface area contributed by atoms with Crippen LogP contribution >= 0.6 is 0 Å². The zero-order chi connectivity index (χ0) is 20.6. The van der Waals surface area contributed by atoms with Crippen LogP contribution < -0.4 is 5.32 Å². The second kappa shape index (κ2) is 7.58. The molecule has 2 saturated heterocycles. The monoisotopic (exact) mass is 397 g/mol. The lowest BCUT2D eigenvalue weighted by molar-refractivity contribution is -0.215. The van der Waals surface area contributed by atoms with E-state index < -0.39 is 11.7 Å². The predicted molar refractivity (Wildman–Crippen MR) is 111 cm³/mol. The average Bonchev–Trinajstić information content (AvgIpc) is 3.11. The van der Waals surface area contributed by atoms with Gasteiger partial charge in [-0.15, -0.1) is 0 Å². The number of imidazole rings is 1. The van der Waals surface area contributed by atoms with Crippen molar-refractivity contribution in [3.05, 3.63) is 54.1 Å². The first kappa shape index (κ1) is 20.1. The maximum absolute atomic E-state index is 12.5. The number of nitrogens with one attached hydrogen (secondary N) is 1. The van der Waals surface area contributed by atoms with E-state index in [4.69, 9.17) is 4.74 Å². The topological polar surface area (TPSA) is 76.4 Å². The molecule has 6 heteroatoms. The molecule has 2 fully saturated rings. The number of rotatable bonds is 4. The van der Waals surface area contributed by atoms with E-state index in [1.165, 1.54) is 5.56 Å². The first-order valence-corrected chi connectivity index (χ1v) is 10.5. The Bertz CT molecular complexity index is 867. The van der Waals surface area contributed by atoms with Gasteiger partial charge in [0.25, 0.3) is 5.91 Å². The van der Waals surface area contributed by atoms with Crippen LogP contribution in [0, 0.1) is 5.92 Å². The Morgan fingerprint density at radius 2 is 2.07 bits per heavy atom. The molecule has 0 saturated carbocycles. The second-order valence-electron chi connectivity index (χ2n) is 9.20. The number of aliphatic hydroxyl groups excluding tert-OH is 1. The number of aryl methyl sites for hydroxylation is 1. The minimum Gasteiger partial charge on any atom is -0.390 e. The third-order valence-corrected chi connectivity index (χ3v) is 6.75. The number of aromatic nitrogens is 2. The summed E-state index contributed by atoms with van der Waals surface area (Å²) in [5.74, 6) is 0.470. The van der Waals surface area contributed by atoms with Gasteiger partial charge in [-0.05, 0) is 51.0 Å². The normalized spacial score (nSPS) is 34.4. The highest BCUT2D eigenvalue weighted by atomic mass is 16.5. The number of nitrogens with zero attached hydrogens (tertiary/aromatic N) is 2. The quantitative estimate of drug-likeness (QED) is 0.831. The van der Waals surface area contributed by atoms with Gasteiger partial charge in [-0.25, -0.2) is 4.98 Å². The molecule has 156 valence electrons. The molecule has 2 bridgehead atoms. The summed E-state index contributed by atoms with van der Waals surface area (Å²) in [5.41, 5.74) is 0.400. The molecule has 1 aromatic carbocycles. The van der Waals surface area contributed by atoms with Crippen LogP contribution in [0.4, 0.5) is 0 Å². The largest absolute Gasteiger partial charge is 0.390 e. The van der Waals surface area contributed by atoms with Crippen molar-refractivity contribution in [2.75, 3.05) is 6.54 Å². The van der Waals surface area contributed by atoms with Crippen LogP contribution in [0.15, 0.2) is 42.7 Å². The molecule has 2 aromatic rings. The lowest BCUT2D eigenvalue weighted by Gasteiger charge is -2.49. The second-order valence-corrected chi connectivity index (χ2v) is 9.20. The van der Waals surface area contributed by atoms with E-state index in [1.54, 1.807) is 24.0 Å². The molecule has 6 nitrogen and oxygen atoms in total. The van der Waals surface area contributed by atoms with E-state index in [9.17, 15) is 9.90 Å². The van der Waals surface area contributed by atoms with Gasteiger partial charge in [-0.3, -0.25) is 4.79 Å². The number of amides is 1. The Balaban J connectivity index is 1.50. The highest BCUT2D eigenvalue weighted by molar-refractivity contribution is 5.90. The van der Waals surface area contributed by atoms with Crippen LogP contribution in [0.3, 0.4) is 0 Å². The van der Waals surface area contributed by atoms with Gasteiger partial charge in [0.1, 0.15) is 0 Å². The smallest absolute Gasteiger partial charge is 0.287 e. The highest BCUT2D eigenvalue weighted by Crippen LogP contribution is 2.50. The summed E-state index contributed by atoms with van der Waals surface area (Å²) in [6.07, 6.45) is 6.12. The zero-order valence-electron chi connectivity index (χ0n) is 17.5. The molecule has 2 aliphatic rings. The summed E-state index contributed by atoms with van der Waals surface area (Å²) in [4.78, 5) is 16.6. The van der Waals surface area contributed by atoms with Gasteiger partial charge in [-0.1, -0.05) is 30.3 Å². The Kier molecular flexibility index (Phi) is 5.25. The average molecular weight is 398 g/mol. The van der Waals surface area contributed by atoms with Gasteiger partial charge in [0.2, 0.25) is 0 Å². The van der Waals surface area contributed by atoms with Crippen molar-refractivity contribution in [3.8, 4) is 0 Å². The first-order valence-electron chi connectivity index (χ1n) is 10.5. The number of hydrogen-bond donors (Lipinski definition) is 2. The Morgan fingerprint density at radius 3 is 2.76 bits per heavy atom. The predicted octanol–water partition coefficient (Wildman–Crippen LogP) is 3.03. The zero-order valence-corrected chi connectivity index (χ0v) is 17.5. The van der Waals surface area contributed by atoms with Gasteiger partial charge >= 0.3 is 0 Å². The number of benzene rings is 1. The Labute approximate surface area is 172 Å². The fraction of sp³-hybridized carbons (Fsp3) is 0.565. The van der Waals surface area contributed by atoms with Crippen LogP contribution in [0.25, 0.3) is 0 Å². The summed E-state index contributed by atoms with van der Waals surface area (Å²) >= 11 is 0. The SMILES string of the molecule is Cn1ccnc1C(=O)NC[C@@H]1CC[C@@]2(C)C[C@H](c3ccccc3)C[C@](C)(O2)[C@H]1O. The molecule has 0 unspecified atom stereocenters. The summed E-state index contributed by atoms with van der Waals surface area (Å²) in [5, 5.41) is 14.3. The molecule has 2 N–H and O–H groups in total. The summed E-state index contributed by atoms with van der Waals surface area (Å²) in [7, 11) is 1.80. The van der Waals surface area contributed by atoms with Crippen molar-refractivity contribution in [1.82, 2.24) is 14.9 Å². The molecule has 29 heavy (non-hydrogen) atoms. The number of carbonyl (C=O) groups is 1. The minimum absolute atomic E-state index is 0.0550. The number of aliphatic hydroxyl groups is 1. The van der Waals surface area contributed by atoms with Crippen molar-refractivity contribution >= 4 is 5.91 Å². The number of carbonyl (C=O) groups excluding carboxylic acids is 1. The third kappa shape index (κ3) is 3.96. The molecule has 4 rings (SSSR count). The van der Waals surface area contributed by atoms with Crippen LogP contribution in [0.1, 0.15) is 61.6 Å². The molecule has 1 aromatic heterocycles. The molecule has 3 heterocycles. The van der Waals surface area contributed by atoms with Gasteiger partial charge < -0.3 is 19.7 Å². The van der Waals surface area contributed by atoms with E-state index in [0.29, 0.717) is 18.3 Å². The highest BCUT2D eigenvalue weighted by Gasteiger charge is 2.52. The molecular formula is C23H31N3O3. The molecule has 0 radical (unpaired) electrons. The van der Waals surface area contributed by atoms with Gasteiger partial charge in [0, 0.05) is 31.9 Å². The van der Waals surface area contributed by atoms with Crippen LogP contribution in [-0.4, -0.2) is 44.4 Å². The fourth-order valence-electron chi connectivity index (χ4n) is 5.27. The lowest BCUT2D eigenvalue weighted by atomic mass is 9.74. The molecule has 1 amide bonds. The summed E-state index contributed by atoms with van der Waals surface area (Å²) in [6, 6.07) is 10.5. The van der Waals surface area contributed by atoms with Crippen molar-refractivity contribution in [3.63, 3.8) is 0 Å². The van der Waals surface area contributed by atoms with Crippen LogP contribution in [0.5, 0.6) is 0 Å². The van der Waals surface area contributed by atoms with Crippen LogP contribution in [0.2, 0.25) is 0 Å². The first-order chi connectivity index (χ1) is 13.8. The Morgan fingerprint density at radius 1 is 1.31 bits per heavy atom. The number of hydrogen-bond acceptors (Lipinski definition) is 4. The van der Waals surface area contributed by atoms with Crippen molar-refractivity contribution in [1.29, 1.82) is 0 Å². The maximum atomic E-state index is 12.5. The third-order valence-electron chi connectivity index (χ3n) is 6.75. The molecule has 2 aliphatic heterocycles. The van der Waals surface area contributed by atoms with Gasteiger partial charge in [0.05, 0.1) is 17.3 Å². The van der Waals surface area contributed by atoms with E-state index >= 15 is 0 Å². The number of fused-ring (bicyclic) bond motifs is 2. The molecule has 0 aliphatic carbocycles. The van der Waals surface area contributed by atoms with Gasteiger partial charge in [0.15, 0.2) is 5.82 Å². The van der Waals surface area contributed by atoms with Crippen molar-refractivity contribution in [2.45, 2.75) is 62.8 Å². The Hall–Kier alpha value is -2.18. The molecular weight excluding hydrogens is 366 g/mol. The summed E-state index contributed by atoms with van der Waals surface area (Å²) in [6.45, 7) is 4.61. The van der Waals surface area contributed by atoms with Crippen LogP contribution in [-0.2, 0) is 11.8 Å². The summed E-state index contributed by atoms with van der Waals surface area (Å²) < 4.78 is 8.23. The number of ether oxygens (including phenoxy) is 1. The van der Waals surface area contributed by atoms with Gasteiger partial charge in [-0.2, -0.15) is 0 Å². The van der Waals surface area contributed by atoms with E-state index in [1.807, 2.05) is 13.0 Å². The lowest BCUT2D eigenvalue weighted by Crippen LogP contribution is -2.54. The van der Waals surface area contributed by atoms with E-state index in [0.717, 1.165) is 25.7 Å². The molecule has 0 spiro atoms. The fourth-order valence-corrected chi connectivity index (χ4v) is 5.27. The molecule has 5 atom stereocenters. The van der Waals surface area contributed by atoms with Crippen molar-refractivity contribution in [2.24, 2.45) is 13.0 Å². The van der Waals surface area contributed by atoms with E-state index in [2.05, 4.69) is 41.5 Å². The van der Waals surface area contributed by atoms with E-state index in [-0.39, 0.29) is 17.4 Å². The standard InChI is InChI=1S/C23H31N3O3/c1-22-10-9-17(15-25-21(28)20-24-11-12-26(20)3)19(27)23(2,29-22)14-18(13-22)16-7-5-4-6-8-16/h4-8,11-12,17-19,27H,9-10,13-15H2,1-3H3,(H,25,28)/t17-,18-,19-,22-,23-/m0/s1. The minimum atomic E-state index is -0.641. The maximum Gasteiger partial charge on any atom is 0.287 e. The van der Waals surface area contributed by atoms with Crippen molar-refractivity contribution < 1.29 is 14.6 Å².